The number of aromatic nitrogens is 1. The minimum atomic E-state index is -0.131. The van der Waals surface area contributed by atoms with Crippen LogP contribution >= 0.6 is 0 Å². The van der Waals surface area contributed by atoms with Crippen molar-refractivity contribution in [2.24, 2.45) is 5.92 Å². The third-order valence-electron chi connectivity index (χ3n) is 5.01. The first-order valence-corrected chi connectivity index (χ1v) is 8.50. The number of hydrogen-bond donors (Lipinski definition) is 1. The summed E-state index contributed by atoms with van der Waals surface area (Å²) in [6.45, 7) is 2.27. The first-order chi connectivity index (χ1) is 11.6. The molecule has 5 heteroatoms. The van der Waals surface area contributed by atoms with Crippen LogP contribution in [0.1, 0.15) is 41.8 Å². The van der Waals surface area contributed by atoms with Crippen molar-refractivity contribution in [2.75, 3.05) is 13.7 Å². The number of aliphatic hydroxyl groups is 1. The Balaban J connectivity index is 1.68. The zero-order chi connectivity index (χ0) is 17.1. The van der Waals surface area contributed by atoms with Crippen molar-refractivity contribution in [3.8, 4) is 11.3 Å². The van der Waals surface area contributed by atoms with E-state index < -0.39 is 0 Å². The van der Waals surface area contributed by atoms with E-state index in [2.05, 4.69) is 5.16 Å². The molecule has 128 valence electrons. The number of amides is 1. The highest BCUT2D eigenvalue weighted by atomic mass is 16.5. The molecular weight excluding hydrogens is 304 g/mol. The summed E-state index contributed by atoms with van der Waals surface area (Å²) in [5.41, 5.74) is 2.79. The summed E-state index contributed by atoms with van der Waals surface area (Å²) >= 11 is 0. The molecule has 1 aliphatic carbocycles. The van der Waals surface area contributed by atoms with Gasteiger partial charge in [0.1, 0.15) is 5.69 Å². The SMILES string of the molecule is Cc1ccc(-c2cc(C(=O)N(C)C3CCC(CO)CC3)on2)cc1. The smallest absolute Gasteiger partial charge is 0.292 e. The Labute approximate surface area is 142 Å². The molecule has 0 saturated heterocycles. The van der Waals surface area contributed by atoms with Crippen LogP contribution in [0.25, 0.3) is 11.3 Å². The molecule has 0 spiro atoms. The van der Waals surface area contributed by atoms with Gasteiger partial charge in [0.25, 0.3) is 5.91 Å². The van der Waals surface area contributed by atoms with Crippen molar-refractivity contribution in [3.05, 3.63) is 41.7 Å². The highest BCUT2D eigenvalue weighted by Crippen LogP contribution is 2.28. The lowest BCUT2D eigenvalue weighted by Crippen LogP contribution is -2.39. The normalized spacial score (nSPS) is 20.8. The van der Waals surface area contributed by atoms with E-state index in [0.29, 0.717) is 11.6 Å². The van der Waals surface area contributed by atoms with Crippen LogP contribution in [0, 0.1) is 12.8 Å². The Morgan fingerprint density at radius 3 is 2.54 bits per heavy atom. The van der Waals surface area contributed by atoms with Crippen LogP contribution in [0.5, 0.6) is 0 Å². The molecule has 1 amide bonds. The molecule has 1 aliphatic rings. The summed E-state index contributed by atoms with van der Waals surface area (Å²) in [4.78, 5) is 14.4. The standard InChI is InChI=1S/C19H24N2O3/c1-13-3-7-15(8-4-13)17-11-18(24-20-17)19(23)21(2)16-9-5-14(12-22)6-10-16/h3-4,7-8,11,14,16,22H,5-6,9-10,12H2,1-2H3. The van der Waals surface area contributed by atoms with Crippen molar-refractivity contribution in [1.29, 1.82) is 0 Å². The molecule has 5 nitrogen and oxygen atoms in total. The molecule has 0 atom stereocenters. The van der Waals surface area contributed by atoms with Gasteiger partial charge in [0.05, 0.1) is 0 Å². The summed E-state index contributed by atoms with van der Waals surface area (Å²) in [6.07, 6.45) is 3.77. The van der Waals surface area contributed by atoms with Gasteiger partial charge in [-0.3, -0.25) is 4.79 Å². The third-order valence-corrected chi connectivity index (χ3v) is 5.01. The van der Waals surface area contributed by atoms with Crippen molar-refractivity contribution >= 4 is 5.91 Å². The van der Waals surface area contributed by atoms with Crippen molar-refractivity contribution < 1.29 is 14.4 Å². The molecule has 0 aliphatic heterocycles. The number of nitrogens with zero attached hydrogens (tertiary/aromatic N) is 2. The second-order valence-corrected chi connectivity index (χ2v) is 6.72. The summed E-state index contributed by atoms with van der Waals surface area (Å²) in [5.74, 6) is 0.522. The zero-order valence-electron chi connectivity index (χ0n) is 14.2. The van der Waals surface area contributed by atoms with Gasteiger partial charge in [0.15, 0.2) is 0 Å². The molecule has 1 aromatic carbocycles. The van der Waals surface area contributed by atoms with E-state index in [-0.39, 0.29) is 24.3 Å². The van der Waals surface area contributed by atoms with E-state index in [1.165, 1.54) is 5.56 Å². The van der Waals surface area contributed by atoms with Gasteiger partial charge in [-0.25, -0.2) is 0 Å². The maximum absolute atomic E-state index is 12.6. The zero-order valence-corrected chi connectivity index (χ0v) is 14.2. The van der Waals surface area contributed by atoms with Gasteiger partial charge < -0.3 is 14.5 Å². The number of hydrogen-bond acceptors (Lipinski definition) is 4. The minimum absolute atomic E-state index is 0.131. The highest BCUT2D eigenvalue weighted by Gasteiger charge is 2.28. The quantitative estimate of drug-likeness (QED) is 0.935. The van der Waals surface area contributed by atoms with Crippen LogP contribution in [-0.2, 0) is 0 Å². The first-order valence-electron chi connectivity index (χ1n) is 8.50. The third kappa shape index (κ3) is 3.51. The van der Waals surface area contributed by atoms with Crippen LogP contribution < -0.4 is 0 Å². The van der Waals surface area contributed by atoms with Gasteiger partial charge >= 0.3 is 0 Å². The summed E-state index contributed by atoms with van der Waals surface area (Å²) < 4.78 is 5.28. The van der Waals surface area contributed by atoms with E-state index in [4.69, 9.17) is 4.52 Å². The molecule has 1 heterocycles. The number of aliphatic hydroxyl groups excluding tert-OH is 1. The molecule has 0 bridgehead atoms. The van der Waals surface area contributed by atoms with Crippen LogP contribution in [0.2, 0.25) is 0 Å². The maximum Gasteiger partial charge on any atom is 0.292 e. The van der Waals surface area contributed by atoms with E-state index >= 15 is 0 Å². The van der Waals surface area contributed by atoms with Crippen molar-refractivity contribution in [1.82, 2.24) is 10.1 Å². The number of rotatable bonds is 4. The monoisotopic (exact) mass is 328 g/mol. The fraction of sp³-hybridized carbons (Fsp3) is 0.474. The first kappa shape index (κ1) is 16.7. The molecule has 0 unspecified atom stereocenters. The van der Waals surface area contributed by atoms with Crippen molar-refractivity contribution in [2.45, 2.75) is 38.6 Å². The molecule has 3 rings (SSSR count). The predicted octanol–water partition coefficient (Wildman–Crippen LogP) is 3.27. The summed E-state index contributed by atoms with van der Waals surface area (Å²) in [6, 6.07) is 9.88. The Morgan fingerprint density at radius 2 is 1.92 bits per heavy atom. The van der Waals surface area contributed by atoms with Crippen molar-refractivity contribution in [3.63, 3.8) is 0 Å². The van der Waals surface area contributed by atoms with Gasteiger partial charge in [-0.15, -0.1) is 0 Å². The van der Waals surface area contributed by atoms with E-state index in [9.17, 15) is 9.90 Å². The lowest BCUT2D eigenvalue weighted by Gasteiger charge is -2.33. The van der Waals surface area contributed by atoms with Crippen LogP contribution in [-0.4, -0.2) is 40.8 Å². The second-order valence-electron chi connectivity index (χ2n) is 6.72. The predicted molar refractivity (Wildman–Crippen MR) is 91.6 cm³/mol. The minimum Gasteiger partial charge on any atom is -0.396 e. The van der Waals surface area contributed by atoms with Gasteiger partial charge in [-0.1, -0.05) is 35.0 Å². The number of benzene rings is 1. The molecule has 1 saturated carbocycles. The average Bonchev–Trinajstić information content (AvgIpc) is 3.11. The lowest BCUT2D eigenvalue weighted by molar-refractivity contribution is 0.0613. The topological polar surface area (TPSA) is 66.6 Å². The van der Waals surface area contributed by atoms with Gasteiger partial charge in [-0.2, -0.15) is 0 Å². The Kier molecular flexibility index (Phi) is 5.00. The highest BCUT2D eigenvalue weighted by molar-refractivity contribution is 5.92. The summed E-state index contributed by atoms with van der Waals surface area (Å²) in [5, 5.41) is 13.3. The van der Waals surface area contributed by atoms with Gasteiger partial charge in [0.2, 0.25) is 5.76 Å². The lowest BCUT2D eigenvalue weighted by atomic mass is 9.86. The van der Waals surface area contributed by atoms with Crippen LogP contribution in [0.4, 0.5) is 0 Å². The molecule has 1 aromatic heterocycles. The molecule has 1 fully saturated rings. The van der Waals surface area contributed by atoms with Gasteiger partial charge in [0, 0.05) is 31.3 Å². The Hall–Kier alpha value is -2.14. The average molecular weight is 328 g/mol. The molecular formula is C19H24N2O3. The number of carbonyl (C=O) groups is 1. The Morgan fingerprint density at radius 1 is 1.25 bits per heavy atom. The molecule has 2 aromatic rings. The fourth-order valence-corrected chi connectivity index (χ4v) is 3.29. The fourth-order valence-electron chi connectivity index (χ4n) is 3.29. The largest absolute Gasteiger partial charge is 0.396 e. The number of aryl methyl sites for hydroxylation is 1. The second kappa shape index (κ2) is 7.18. The molecule has 1 N–H and O–H groups in total. The molecule has 0 radical (unpaired) electrons. The van der Waals surface area contributed by atoms with E-state index in [0.717, 1.165) is 31.2 Å². The maximum atomic E-state index is 12.6. The molecule has 24 heavy (non-hydrogen) atoms. The summed E-state index contributed by atoms with van der Waals surface area (Å²) in [7, 11) is 1.82. The van der Waals surface area contributed by atoms with Gasteiger partial charge in [-0.05, 0) is 38.5 Å². The Bertz CT molecular complexity index is 685. The van der Waals surface area contributed by atoms with Crippen LogP contribution in [0.3, 0.4) is 0 Å². The van der Waals surface area contributed by atoms with E-state index in [1.807, 2.05) is 38.2 Å². The van der Waals surface area contributed by atoms with Crippen LogP contribution in [0.15, 0.2) is 34.9 Å². The number of carbonyl (C=O) groups excluding carboxylic acids is 1. The van der Waals surface area contributed by atoms with E-state index in [1.54, 1.807) is 11.0 Å².